The lowest BCUT2D eigenvalue weighted by molar-refractivity contribution is -0.0263. The molecule has 0 fully saturated rings. The first-order chi connectivity index (χ1) is 13.8. The van der Waals surface area contributed by atoms with Crippen LogP contribution in [0.25, 0.3) is 4.85 Å². The number of methoxy groups -OCH3 is 4. The van der Waals surface area contributed by atoms with E-state index in [4.69, 9.17) is 25.5 Å². The lowest BCUT2D eigenvalue weighted by Gasteiger charge is -2.27. The summed E-state index contributed by atoms with van der Waals surface area (Å²) in [6.45, 7) is 16.9. The summed E-state index contributed by atoms with van der Waals surface area (Å²) in [5.74, 6) is 0. The van der Waals surface area contributed by atoms with Crippen LogP contribution < -0.4 is 0 Å². The molecule has 5 atom stereocenters. The van der Waals surface area contributed by atoms with E-state index in [1.54, 1.807) is 28.4 Å². The number of rotatable bonds is 16. The molecule has 0 aliphatic rings. The number of nitrogens with zero attached hydrogens (tertiary/aromatic N) is 1. The Morgan fingerprint density at radius 3 is 1.93 bits per heavy atom. The van der Waals surface area contributed by atoms with E-state index in [9.17, 15) is 0 Å². The van der Waals surface area contributed by atoms with Gasteiger partial charge in [-0.3, -0.25) is 0 Å². The quantitative estimate of drug-likeness (QED) is 0.196. The first kappa shape index (κ1) is 27.5. The molecule has 29 heavy (non-hydrogen) atoms. The molecule has 0 N–H and O–H groups in total. The van der Waals surface area contributed by atoms with Gasteiger partial charge >= 0.3 is 0 Å². The van der Waals surface area contributed by atoms with Crippen molar-refractivity contribution in [2.45, 2.75) is 83.3 Å². The van der Waals surface area contributed by atoms with Crippen LogP contribution in [-0.4, -0.2) is 58.9 Å². The minimum atomic E-state index is -0.0366. The number of hydrogen-bond donors (Lipinski definition) is 0. The molecule has 0 saturated carbocycles. The van der Waals surface area contributed by atoms with Crippen LogP contribution in [0.15, 0.2) is 36.0 Å². The largest absolute Gasteiger partial charge is 0.381 e. The van der Waals surface area contributed by atoms with Crippen molar-refractivity contribution in [1.82, 2.24) is 0 Å². The summed E-state index contributed by atoms with van der Waals surface area (Å²) < 4.78 is 22.7. The van der Waals surface area contributed by atoms with Crippen LogP contribution in [0.4, 0.5) is 0 Å². The van der Waals surface area contributed by atoms with Gasteiger partial charge in [0.25, 0.3) is 0 Å². The van der Waals surface area contributed by atoms with Crippen molar-refractivity contribution in [3.63, 3.8) is 0 Å². The maximum atomic E-state index is 7.06. The van der Waals surface area contributed by atoms with E-state index in [1.165, 1.54) is 0 Å². The zero-order valence-corrected chi connectivity index (χ0v) is 19.4. The van der Waals surface area contributed by atoms with Gasteiger partial charge in [0.2, 0.25) is 6.04 Å². The molecule has 0 bridgehead atoms. The standard InChI is InChI=1S/C24H41NO4/c1-10-11-21(26-6)15-22(27-7)16-23(28-8)17-24(29-9)19(3)14-18(2)12-13-20(4)25-5/h10,12,14,20-24H,1,11,13,15-17H2,2-4,6-9H3. The van der Waals surface area contributed by atoms with Crippen LogP contribution in [0.3, 0.4) is 0 Å². The van der Waals surface area contributed by atoms with E-state index in [-0.39, 0.29) is 30.5 Å². The molecule has 0 aromatic rings. The van der Waals surface area contributed by atoms with E-state index in [2.05, 4.69) is 37.4 Å². The van der Waals surface area contributed by atoms with Crippen LogP contribution in [0.1, 0.15) is 52.9 Å². The highest BCUT2D eigenvalue weighted by atomic mass is 16.5. The van der Waals surface area contributed by atoms with Gasteiger partial charge in [0, 0.05) is 54.6 Å². The summed E-state index contributed by atoms with van der Waals surface area (Å²) >= 11 is 0. The molecule has 0 rings (SSSR count). The van der Waals surface area contributed by atoms with Crippen molar-refractivity contribution in [3.05, 3.63) is 47.4 Å². The SMILES string of the molecule is [C-]#[N+]C(C)CC=C(C)C=C(C)C(CC(CC(CC(CC=C)OC)OC)OC)OC. The molecule has 0 aromatic heterocycles. The Morgan fingerprint density at radius 1 is 0.897 bits per heavy atom. The second-order valence-corrected chi connectivity index (χ2v) is 7.58. The third-order valence-electron chi connectivity index (χ3n) is 5.21. The third kappa shape index (κ3) is 12.0. The number of hydrogen-bond acceptors (Lipinski definition) is 4. The molecule has 0 heterocycles. The van der Waals surface area contributed by atoms with Crippen molar-refractivity contribution in [2.24, 2.45) is 0 Å². The average molecular weight is 408 g/mol. The topological polar surface area (TPSA) is 41.3 Å². The monoisotopic (exact) mass is 407 g/mol. The molecular formula is C24H41NO4. The maximum absolute atomic E-state index is 7.06. The van der Waals surface area contributed by atoms with E-state index in [0.29, 0.717) is 0 Å². The maximum Gasteiger partial charge on any atom is 0.224 e. The van der Waals surface area contributed by atoms with Gasteiger partial charge in [0.1, 0.15) is 0 Å². The Morgan fingerprint density at radius 2 is 1.45 bits per heavy atom. The second kappa shape index (κ2) is 16.4. The highest BCUT2D eigenvalue weighted by Gasteiger charge is 2.23. The van der Waals surface area contributed by atoms with Crippen molar-refractivity contribution in [1.29, 1.82) is 0 Å². The molecule has 5 unspecified atom stereocenters. The van der Waals surface area contributed by atoms with Gasteiger partial charge in [-0.05, 0) is 32.3 Å². The summed E-state index contributed by atoms with van der Waals surface area (Å²) in [4.78, 5) is 3.53. The molecule has 0 aromatic carbocycles. The van der Waals surface area contributed by atoms with Crippen molar-refractivity contribution < 1.29 is 18.9 Å². The summed E-state index contributed by atoms with van der Waals surface area (Å²) in [7, 11) is 6.92. The normalized spacial score (nSPS) is 17.9. The van der Waals surface area contributed by atoms with Gasteiger partial charge < -0.3 is 23.8 Å². The van der Waals surface area contributed by atoms with Crippen molar-refractivity contribution in [2.75, 3.05) is 28.4 Å². The second-order valence-electron chi connectivity index (χ2n) is 7.58. The van der Waals surface area contributed by atoms with E-state index in [1.807, 2.05) is 13.0 Å². The first-order valence-electron chi connectivity index (χ1n) is 10.3. The van der Waals surface area contributed by atoms with Crippen LogP contribution in [0.5, 0.6) is 0 Å². The fourth-order valence-electron chi connectivity index (χ4n) is 3.27. The third-order valence-corrected chi connectivity index (χ3v) is 5.21. The first-order valence-corrected chi connectivity index (χ1v) is 10.3. The lowest BCUT2D eigenvalue weighted by Crippen LogP contribution is -2.30. The van der Waals surface area contributed by atoms with Crippen LogP contribution in [0, 0.1) is 6.57 Å². The summed E-state index contributed by atoms with van der Waals surface area (Å²) in [6.07, 6.45) is 10.1. The van der Waals surface area contributed by atoms with Gasteiger partial charge in [-0.1, -0.05) is 23.8 Å². The summed E-state index contributed by atoms with van der Waals surface area (Å²) in [5.41, 5.74) is 2.30. The molecule has 0 amide bonds. The summed E-state index contributed by atoms with van der Waals surface area (Å²) in [6, 6.07) is 0.0118. The van der Waals surface area contributed by atoms with E-state index >= 15 is 0 Å². The molecule has 166 valence electrons. The van der Waals surface area contributed by atoms with Gasteiger partial charge in [-0.15, -0.1) is 6.58 Å². The van der Waals surface area contributed by atoms with Gasteiger partial charge in [-0.2, -0.15) is 0 Å². The molecule has 0 spiro atoms. The zero-order chi connectivity index (χ0) is 22.2. The highest BCUT2D eigenvalue weighted by Crippen LogP contribution is 2.22. The molecule has 0 saturated heterocycles. The molecule has 0 aliphatic carbocycles. The van der Waals surface area contributed by atoms with Gasteiger partial charge in [0.15, 0.2) is 0 Å². The van der Waals surface area contributed by atoms with Crippen molar-refractivity contribution in [3.8, 4) is 0 Å². The fraction of sp³-hybridized carbons (Fsp3) is 0.708. The average Bonchev–Trinajstić information content (AvgIpc) is 2.73. The molecule has 0 radical (unpaired) electrons. The minimum Gasteiger partial charge on any atom is -0.381 e. The Kier molecular flexibility index (Phi) is 15.5. The molecular weight excluding hydrogens is 366 g/mol. The molecule has 5 heteroatoms. The Bertz CT molecular complexity index is 550. The van der Waals surface area contributed by atoms with Crippen LogP contribution >= 0.6 is 0 Å². The zero-order valence-electron chi connectivity index (χ0n) is 19.4. The number of ether oxygens (including phenoxy) is 4. The Balaban J connectivity index is 5.00. The summed E-state index contributed by atoms with van der Waals surface area (Å²) in [5, 5.41) is 0. The van der Waals surface area contributed by atoms with Crippen molar-refractivity contribution >= 4 is 0 Å². The predicted octanol–water partition coefficient (Wildman–Crippen LogP) is 5.38. The highest BCUT2D eigenvalue weighted by molar-refractivity contribution is 5.23. The van der Waals surface area contributed by atoms with Crippen LogP contribution in [0.2, 0.25) is 0 Å². The van der Waals surface area contributed by atoms with Gasteiger partial charge in [0.05, 0.1) is 24.4 Å². The fourth-order valence-corrected chi connectivity index (χ4v) is 3.27. The minimum absolute atomic E-state index is 0.0118. The molecule has 5 nitrogen and oxygen atoms in total. The van der Waals surface area contributed by atoms with E-state index < -0.39 is 0 Å². The van der Waals surface area contributed by atoms with E-state index in [0.717, 1.165) is 43.3 Å². The predicted molar refractivity (Wildman–Crippen MR) is 120 cm³/mol. The molecule has 0 aliphatic heterocycles. The Labute approximate surface area is 178 Å². The van der Waals surface area contributed by atoms with Gasteiger partial charge in [-0.25, -0.2) is 6.57 Å². The lowest BCUT2D eigenvalue weighted by atomic mass is 9.96. The smallest absolute Gasteiger partial charge is 0.224 e. The number of allylic oxidation sites excluding steroid dienone is 2. The van der Waals surface area contributed by atoms with Crippen LogP contribution in [-0.2, 0) is 18.9 Å². The Hall–Kier alpha value is -1.45.